The molecule has 0 aliphatic rings. The highest BCUT2D eigenvalue weighted by Crippen LogP contribution is 2.14. The smallest absolute Gasteiger partial charge is 0.334 e. The first-order valence-electron chi connectivity index (χ1n) is 6.12. The van der Waals surface area contributed by atoms with E-state index in [0.29, 0.717) is 24.8 Å². The fraction of sp³-hybridized carbons (Fsp3) is 0.500. The minimum absolute atomic E-state index is 0.298. The molecule has 1 aromatic heterocycles. The first-order valence-corrected chi connectivity index (χ1v) is 7.00. The number of hydrogen-bond acceptors (Lipinski definition) is 4. The zero-order chi connectivity index (χ0) is 13.5. The van der Waals surface area contributed by atoms with E-state index in [1.165, 1.54) is 4.88 Å². The van der Waals surface area contributed by atoms with Gasteiger partial charge in [0.1, 0.15) is 0 Å². The fourth-order valence-electron chi connectivity index (χ4n) is 1.63. The van der Waals surface area contributed by atoms with Crippen LogP contribution in [0.15, 0.2) is 29.7 Å². The van der Waals surface area contributed by atoms with Crippen molar-refractivity contribution in [1.82, 2.24) is 4.90 Å². The Hall–Kier alpha value is -1.13. The van der Waals surface area contributed by atoms with E-state index in [1.807, 2.05) is 7.05 Å². The van der Waals surface area contributed by atoms with Gasteiger partial charge in [-0.15, -0.1) is 11.3 Å². The van der Waals surface area contributed by atoms with E-state index in [9.17, 15) is 4.79 Å². The molecule has 0 N–H and O–H groups in total. The van der Waals surface area contributed by atoms with Crippen LogP contribution >= 0.6 is 11.3 Å². The maximum absolute atomic E-state index is 11.5. The SMILES string of the molecule is C=C(CN(C)C(C)Cc1cccs1)C(=O)OCC. The molecule has 1 unspecified atom stereocenters. The van der Waals surface area contributed by atoms with Gasteiger partial charge >= 0.3 is 5.97 Å². The van der Waals surface area contributed by atoms with Crippen LogP contribution in [0.2, 0.25) is 0 Å². The largest absolute Gasteiger partial charge is 0.463 e. The third-order valence-electron chi connectivity index (χ3n) is 2.83. The number of hydrogen-bond donors (Lipinski definition) is 0. The maximum Gasteiger partial charge on any atom is 0.334 e. The summed E-state index contributed by atoms with van der Waals surface area (Å²) in [4.78, 5) is 15.0. The third kappa shape index (κ3) is 4.63. The van der Waals surface area contributed by atoms with Crippen LogP contribution in [0.3, 0.4) is 0 Å². The van der Waals surface area contributed by atoms with Gasteiger partial charge in [0.2, 0.25) is 0 Å². The van der Waals surface area contributed by atoms with Crippen molar-refractivity contribution in [3.63, 3.8) is 0 Å². The molecule has 0 aromatic carbocycles. The van der Waals surface area contributed by atoms with Crippen LogP contribution in [0.5, 0.6) is 0 Å². The van der Waals surface area contributed by atoms with Gasteiger partial charge in [0.25, 0.3) is 0 Å². The van der Waals surface area contributed by atoms with Gasteiger partial charge < -0.3 is 4.74 Å². The van der Waals surface area contributed by atoms with Crippen LogP contribution in [0.4, 0.5) is 0 Å². The van der Waals surface area contributed by atoms with Gasteiger partial charge in [-0.3, -0.25) is 4.90 Å². The van der Waals surface area contributed by atoms with E-state index in [2.05, 4.69) is 35.9 Å². The van der Waals surface area contributed by atoms with Crippen molar-refractivity contribution in [2.45, 2.75) is 26.3 Å². The topological polar surface area (TPSA) is 29.5 Å². The Bertz CT molecular complexity index is 387. The number of esters is 1. The molecule has 1 rings (SSSR count). The van der Waals surface area contributed by atoms with Crippen LogP contribution < -0.4 is 0 Å². The molecule has 1 aromatic rings. The highest BCUT2D eigenvalue weighted by molar-refractivity contribution is 7.09. The molecule has 0 aliphatic heterocycles. The van der Waals surface area contributed by atoms with Gasteiger partial charge in [0.15, 0.2) is 0 Å². The van der Waals surface area contributed by atoms with E-state index < -0.39 is 0 Å². The van der Waals surface area contributed by atoms with E-state index in [1.54, 1.807) is 18.3 Å². The molecule has 0 aliphatic carbocycles. The van der Waals surface area contributed by atoms with E-state index in [4.69, 9.17) is 4.74 Å². The van der Waals surface area contributed by atoms with Crippen LogP contribution in [-0.4, -0.2) is 37.1 Å². The lowest BCUT2D eigenvalue weighted by atomic mass is 10.1. The molecule has 1 atom stereocenters. The van der Waals surface area contributed by atoms with Crippen LogP contribution in [0.1, 0.15) is 18.7 Å². The summed E-state index contributed by atoms with van der Waals surface area (Å²) in [5.74, 6) is -0.298. The second kappa shape index (κ2) is 7.34. The maximum atomic E-state index is 11.5. The van der Waals surface area contributed by atoms with Crippen molar-refractivity contribution in [3.8, 4) is 0 Å². The predicted molar refractivity (Wildman–Crippen MR) is 75.9 cm³/mol. The van der Waals surface area contributed by atoms with E-state index in [0.717, 1.165) is 6.42 Å². The molecule has 0 amide bonds. The molecule has 18 heavy (non-hydrogen) atoms. The van der Waals surface area contributed by atoms with Gasteiger partial charge in [0.05, 0.1) is 6.61 Å². The number of likely N-dealkylation sites (N-methyl/N-ethyl adjacent to an activating group) is 1. The van der Waals surface area contributed by atoms with E-state index in [-0.39, 0.29) is 5.97 Å². The summed E-state index contributed by atoms with van der Waals surface area (Å²) in [6.07, 6.45) is 0.990. The molecule has 0 bridgehead atoms. The Balaban J connectivity index is 2.42. The Kier molecular flexibility index (Phi) is 6.09. The highest BCUT2D eigenvalue weighted by atomic mass is 32.1. The van der Waals surface area contributed by atoms with Crippen molar-refractivity contribution < 1.29 is 9.53 Å². The minimum atomic E-state index is -0.298. The number of nitrogens with zero attached hydrogens (tertiary/aromatic N) is 1. The lowest BCUT2D eigenvalue weighted by molar-refractivity contribution is -0.138. The van der Waals surface area contributed by atoms with Crippen molar-refractivity contribution in [3.05, 3.63) is 34.5 Å². The molecular formula is C14H21NO2S. The lowest BCUT2D eigenvalue weighted by Crippen LogP contribution is -2.33. The van der Waals surface area contributed by atoms with Crippen molar-refractivity contribution in [1.29, 1.82) is 0 Å². The molecule has 4 heteroatoms. The third-order valence-corrected chi connectivity index (χ3v) is 3.73. The van der Waals surface area contributed by atoms with Gasteiger partial charge in [-0.25, -0.2) is 4.79 Å². The van der Waals surface area contributed by atoms with Crippen molar-refractivity contribution in [2.24, 2.45) is 0 Å². The van der Waals surface area contributed by atoms with Crippen molar-refractivity contribution >= 4 is 17.3 Å². The lowest BCUT2D eigenvalue weighted by Gasteiger charge is -2.24. The summed E-state index contributed by atoms with van der Waals surface area (Å²) >= 11 is 1.76. The second-order valence-corrected chi connectivity index (χ2v) is 5.40. The molecule has 3 nitrogen and oxygen atoms in total. The molecule has 0 saturated carbocycles. The molecule has 0 spiro atoms. The fourth-order valence-corrected chi connectivity index (χ4v) is 2.46. The highest BCUT2D eigenvalue weighted by Gasteiger charge is 2.15. The van der Waals surface area contributed by atoms with Gasteiger partial charge in [-0.05, 0) is 38.8 Å². The van der Waals surface area contributed by atoms with Gasteiger partial charge in [-0.2, -0.15) is 0 Å². The Morgan fingerprint density at radius 2 is 2.33 bits per heavy atom. The average Bonchev–Trinajstić information content (AvgIpc) is 2.81. The summed E-state index contributed by atoms with van der Waals surface area (Å²) in [7, 11) is 2.00. The second-order valence-electron chi connectivity index (χ2n) is 4.37. The molecular weight excluding hydrogens is 246 g/mol. The summed E-state index contributed by atoms with van der Waals surface area (Å²) in [5, 5.41) is 2.08. The molecule has 0 radical (unpaired) electrons. The summed E-state index contributed by atoms with van der Waals surface area (Å²) in [5.41, 5.74) is 0.511. The number of rotatable bonds is 7. The number of carbonyl (C=O) groups is 1. The van der Waals surface area contributed by atoms with Gasteiger partial charge in [-0.1, -0.05) is 12.6 Å². The Morgan fingerprint density at radius 3 is 2.89 bits per heavy atom. The molecule has 0 fully saturated rings. The zero-order valence-corrected chi connectivity index (χ0v) is 12.1. The summed E-state index contributed by atoms with van der Waals surface area (Å²) in [6, 6.07) is 4.56. The van der Waals surface area contributed by atoms with Crippen LogP contribution in [-0.2, 0) is 16.0 Å². The van der Waals surface area contributed by atoms with E-state index >= 15 is 0 Å². The molecule has 1 heterocycles. The molecule has 100 valence electrons. The van der Waals surface area contributed by atoms with Crippen LogP contribution in [0.25, 0.3) is 0 Å². The number of ether oxygens (including phenoxy) is 1. The van der Waals surface area contributed by atoms with Gasteiger partial charge in [0, 0.05) is 23.0 Å². The average molecular weight is 267 g/mol. The normalized spacial score (nSPS) is 12.4. The number of carbonyl (C=O) groups excluding carboxylic acids is 1. The zero-order valence-electron chi connectivity index (χ0n) is 11.3. The quantitative estimate of drug-likeness (QED) is 0.562. The predicted octanol–water partition coefficient (Wildman–Crippen LogP) is 2.73. The Labute approximate surface area is 113 Å². The van der Waals surface area contributed by atoms with Crippen molar-refractivity contribution in [2.75, 3.05) is 20.2 Å². The van der Waals surface area contributed by atoms with Crippen LogP contribution in [0, 0.1) is 0 Å². The summed E-state index contributed by atoms with van der Waals surface area (Å²) in [6.45, 7) is 8.67. The Morgan fingerprint density at radius 1 is 1.61 bits per heavy atom. The monoisotopic (exact) mass is 267 g/mol. The minimum Gasteiger partial charge on any atom is -0.463 e. The standard InChI is InChI=1S/C14H21NO2S/c1-5-17-14(16)11(2)10-15(4)12(3)9-13-7-6-8-18-13/h6-8,12H,2,5,9-10H2,1,3-4H3. The first kappa shape index (κ1) is 14.9. The molecule has 0 saturated heterocycles. The first-order chi connectivity index (χ1) is 8.54. The number of thiophene rings is 1. The summed E-state index contributed by atoms with van der Waals surface area (Å²) < 4.78 is 4.93.